The first-order valence-electron chi connectivity index (χ1n) is 8.39. The maximum absolute atomic E-state index is 6.34. The van der Waals surface area contributed by atoms with Crippen molar-refractivity contribution in [2.24, 2.45) is 7.05 Å². The summed E-state index contributed by atoms with van der Waals surface area (Å²) in [6.07, 6.45) is 1.80. The zero-order valence-corrected chi connectivity index (χ0v) is 14.2. The molecule has 0 atom stereocenters. The Morgan fingerprint density at radius 1 is 0.880 bits per heavy atom. The van der Waals surface area contributed by atoms with Gasteiger partial charge in [-0.2, -0.15) is 0 Å². The maximum atomic E-state index is 6.34. The Balaban J connectivity index is 1.99. The number of rotatable bonds is 1. The Hall–Kier alpha value is -3.20. The summed E-state index contributed by atoms with van der Waals surface area (Å²) < 4.78 is 8.24. The molecule has 0 aliphatic rings. The van der Waals surface area contributed by atoms with Crippen molar-refractivity contribution in [1.82, 2.24) is 5.10 Å². The molecule has 0 amide bonds. The molecule has 5 rings (SSSR count). The highest BCUT2D eigenvalue weighted by Gasteiger charge is 2.21. The van der Waals surface area contributed by atoms with Crippen molar-refractivity contribution in [2.45, 2.75) is 6.92 Å². The zero-order chi connectivity index (χ0) is 17.0. The molecule has 0 N–H and O–H groups in total. The van der Waals surface area contributed by atoms with Gasteiger partial charge in [0.2, 0.25) is 5.69 Å². The van der Waals surface area contributed by atoms with Crippen LogP contribution in [0.1, 0.15) is 5.56 Å². The fourth-order valence-electron chi connectivity index (χ4n) is 3.71. The first kappa shape index (κ1) is 14.2. The first-order chi connectivity index (χ1) is 12.2. The molecule has 5 aromatic rings. The van der Waals surface area contributed by atoms with Gasteiger partial charge in [0.25, 0.3) is 0 Å². The lowest BCUT2D eigenvalue weighted by Gasteiger charge is -2.04. The van der Waals surface area contributed by atoms with Gasteiger partial charge in [-0.1, -0.05) is 47.1 Å². The van der Waals surface area contributed by atoms with Gasteiger partial charge < -0.3 is 4.42 Å². The highest BCUT2D eigenvalue weighted by molar-refractivity contribution is 6.20. The zero-order valence-electron chi connectivity index (χ0n) is 14.2. The Kier molecular flexibility index (Phi) is 2.92. The number of furan rings is 1. The summed E-state index contributed by atoms with van der Waals surface area (Å²) in [6, 6.07) is 21.0. The third-order valence-corrected chi connectivity index (χ3v) is 4.92. The van der Waals surface area contributed by atoms with E-state index in [1.54, 1.807) is 6.20 Å². The molecular weight excluding hydrogens is 308 g/mol. The summed E-state index contributed by atoms with van der Waals surface area (Å²) in [7, 11) is 1.96. The highest BCUT2D eigenvalue weighted by Crippen LogP contribution is 2.39. The average molecular weight is 325 g/mol. The van der Waals surface area contributed by atoms with E-state index in [2.05, 4.69) is 66.6 Å². The number of hydrogen-bond acceptors (Lipinski definition) is 2. The van der Waals surface area contributed by atoms with E-state index in [0.717, 1.165) is 27.8 Å². The fourth-order valence-corrected chi connectivity index (χ4v) is 3.71. The van der Waals surface area contributed by atoms with E-state index >= 15 is 0 Å². The van der Waals surface area contributed by atoms with Crippen LogP contribution in [-0.4, -0.2) is 5.10 Å². The van der Waals surface area contributed by atoms with Gasteiger partial charge in [0.15, 0.2) is 7.05 Å². The van der Waals surface area contributed by atoms with Crippen LogP contribution in [0, 0.1) is 6.92 Å². The number of nitrogens with zero attached hydrogens (tertiary/aromatic N) is 2. The monoisotopic (exact) mass is 325 g/mol. The van der Waals surface area contributed by atoms with Gasteiger partial charge in [-0.3, -0.25) is 0 Å². The topological polar surface area (TPSA) is 29.9 Å². The molecule has 25 heavy (non-hydrogen) atoms. The van der Waals surface area contributed by atoms with E-state index < -0.39 is 0 Å². The number of hydrogen-bond donors (Lipinski definition) is 0. The summed E-state index contributed by atoms with van der Waals surface area (Å²) in [6.45, 7) is 2.12. The second-order valence-electron chi connectivity index (χ2n) is 6.43. The van der Waals surface area contributed by atoms with Crippen LogP contribution >= 0.6 is 0 Å². The summed E-state index contributed by atoms with van der Waals surface area (Å²) >= 11 is 0. The van der Waals surface area contributed by atoms with Gasteiger partial charge in [-0.25, -0.2) is 0 Å². The van der Waals surface area contributed by atoms with Crippen LogP contribution in [0.25, 0.3) is 44.0 Å². The lowest BCUT2D eigenvalue weighted by molar-refractivity contribution is -0.720. The summed E-state index contributed by atoms with van der Waals surface area (Å²) in [5, 5.41) is 9.17. The smallest absolute Gasteiger partial charge is 0.242 e. The number of fused-ring (bicyclic) bond motifs is 5. The van der Waals surface area contributed by atoms with Gasteiger partial charge in [0.1, 0.15) is 11.2 Å². The molecule has 3 nitrogen and oxygen atoms in total. The third kappa shape index (κ3) is 1.99. The van der Waals surface area contributed by atoms with Crippen LogP contribution < -0.4 is 4.68 Å². The van der Waals surface area contributed by atoms with Gasteiger partial charge in [0.05, 0.1) is 11.8 Å². The molecule has 0 bridgehead atoms. The predicted octanol–water partition coefficient (Wildman–Crippen LogP) is 4.93. The van der Waals surface area contributed by atoms with Crippen LogP contribution in [0.2, 0.25) is 0 Å². The molecule has 120 valence electrons. The number of aryl methyl sites for hydroxylation is 2. The van der Waals surface area contributed by atoms with E-state index in [1.165, 1.54) is 21.7 Å². The van der Waals surface area contributed by atoms with Crippen molar-refractivity contribution in [3.8, 4) is 11.3 Å². The Bertz CT molecular complexity index is 1270. The van der Waals surface area contributed by atoms with E-state index in [9.17, 15) is 0 Å². The largest absolute Gasteiger partial charge is 0.455 e. The lowest BCUT2D eigenvalue weighted by atomic mass is 9.99. The first-order valence-corrected chi connectivity index (χ1v) is 8.39. The maximum Gasteiger partial charge on any atom is 0.242 e. The van der Waals surface area contributed by atoms with Crippen LogP contribution in [0.3, 0.4) is 0 Å². The summed E-state index contributed by atoms with van der Waals surface area (Å²) in [5.41, 5.74) is 5.18. The van der Waals surface area contributed by atoms with Crippen molar-refractivity contribution < 1.29 is 9.10 Å². The molecule has 0 fully saturated rings. The second kappa shape index (κ2) is 5.15. The van der Waals surface area contributed by atoms with Crippen LogP contribution in [0.5, 0.6) is 0 Å². The van der Waals surface area contributed by atoms with Gasteiger partial charge >= 0.3 is 0 Å². The molecule has 3 heteroatoms. The highest BCUT2D eigenvalue weighted by atomic mass is 16.3. The van der Waals surface area contributed by atoms with Crippen LogP contribution in [-0.2, 0) is 7.05 Å². The Morgan fingerprint density at radius 3 is 2.64 bits per heavy atom. The molecule has 0 spiro atoms. The van der Waals surface area contributed by atoms with Gasteiger partial charge in [-0.05, 0) is 40.5 Å². The average Bonchev–Trinajstić information content (AvgIpc) is 3.01. The minimum absolute atomic E-state index is 0.923. The van der Waals surface area contributed by atoms with Crippen LogP contribution in [0.4, 0.5) is 0 Å². The van der Waals surface area contributed by atoms with Gasteiger partial charge in [-0.15, -0.1) is 0 Å². The normalized spacial score (nSPS) is 11.6. The quantitative estimate of drug-likeness (QED) is 0.409. The minimum Gasteiger partial charge on any atom is -0.455 e. The molecule has 0 aliphatic carbocycles. The minimum atomic E-state index is 0.923. The van der Waals surface area contributed by atoms with Gasteiger partial charge in [0, 0.05) is 16.8 Å². The molecule has 3 aromatic carbocycles. The molecule has 0 saturated carbocycles. The molecule has 2 heterocycles. The van der Waals surface area contributed by atoms with Crippen molar-refractivity contribution in [3.05, 3.63) is 72.4 Å². The molecular formula is C22H17N2O+. The number of benzene rings is 3. The fraction of sp³-hybridized carbons (Fsp3) is 0.0909. The van der Waals surface area contributed by atoms with Crippen molar-refractivity contribution in [3.63, 3.8) is 0 Å². The van der Waals surface area contributed by atoms with Crippen molar-refractivity contribution in [2.75, 3.05) is 0 Å². The molecule has 0 radical (unpaired) electrons. The summed E-state index contributed by atoms with van der Waals surface area (Å²) in [5.74, 6) is 0. The Labute approximate surface area is 145 Å². The SMILES string of the molecule is Cc1ccc2c(oc3ccc4ccccc4c32)c1-c1cccn[n+]1C. The van der Waals surface area contributed by atoms with E-state index in [-0.39, 0.29) is 0 Å². The van der Waals surface area contributed by atoms with E-state index in [0.29, 0.717) is 0 Å². The second-order valence-corrected chi connectivity index (χ2v) is 6.43. The third-order valence-electron chi connectivity index (χ3n) is 4.92. The molecule has 2 aromatic heterocycles. The Morgan fingerprint density at radius 2 is 1.76 bits per heavy atom. The lowest BCUT2D eigenvalue weighted by Crippen LogP contribution is -2.35. The van der Waals surface area contributed by atoms with Crippen molar-refractivity contribution >= 4 is 32.7 Å². The van der Waals surface area contributed by atoms with Crippen molar-refractivity contribution in [1.29, 1.82) is 0 Å². The molecule has 0 saturated heterocycles. The molecule has 0 aliphatic heterocycles. The van der Waals surface area contributed by atoms with E-state index in [1.807, 2.05) is 17.8 Å². The van der Waals surface area contributed by atoms with E-state index in [4.69, 9.17) is 4.42 Å². The predicted molar refractivity (Wildman–Crippen MR) is 100 cm³/mol. The number of aromatic nitrogens is 2. The standard InChI is InChI=1S/C22H17N2O/c1-14-9-11-17-21-16-7-4-3-6-15(16)10-12-19(21)25-22(17)20(14)18-8-5-13-23-24(18)2/h3-13H,1-2H3/q+1. The van der Waals surface area contributed by atoms with Crippen LogP contribution in [0.15, 0.2) is 71.3 Å². The molecule has 0 unspecified atom stereocenters. The summed E-state index contributed by atoms with van der Waals surface area (Å²) in [4.78, 5) is 0.